The Balaban J connectivity index is 1.65. The fourth-order valence-electron chi connectivity index (χ4n) is 2.98. The minimum atomic E-state index is -3.59. The Labute approximate surface area is 159 Å². The number of amides is 1. The van der Waals surface area contributed by atoms with Crippen molar-refractivity contribution in [1.29, 1.82) is 0 Å². The maximum absolute atomic E-state index is 12.5. The van der Waals surface area contributed by atoms with Gasteiger partial charge in [-0.05, 0) is 67.3 Å². The lowest BCUT2D eigenvalue weighted by molar-refractivity contribution is -0.117. The van der Waals surface area contributed by atoms with Crippen LogP contribution in [-0.4, -0.2) is 27.4 Å². The quantitative estimate of drug-likeness (QED) is 0.849. The van der Waals surface area contributed by atoms with E-state index >= 15 is 0 Å². The zero-order chi connectivity index (χ0) is 18.9. The van der Waals surface area contributed by atoms with Crippen LogP contribution in [0.25, 0.3) is 0 Å². The third kappa shape index (κ3) is 4.09. The molecule has 7 heteroatoms. The number of carbonyl (C=O) groups excluding carboxylic acids is 1. The molecule has 1 N–H and O–H groups in total. The van der Waals surface area contributed by atoms with Crippen LogP contribution >= 0.6 is 11.6 Å². The third-order valence-corrected chi connectivity index (χ3v) is 6.37. The Morgan fingerprint density at radius 2 is 1.81 bits per heavy atom. The van der Waals surface area contributed by atoms with Gasteiger partial charge in [-0.2, -0.15) is 0 Å². The summed E-state index contributed by atoms with van der Waals surface area (Å²) >= 11 is 5.88. The topological polar surface area (TPSA) is 66.5 Å². The number of benzene rings is 2. The fraction of sp³-hybridized carbons (Fsp3) is 0.316. The molecule has 0 bridgehead atoms. The smallest absolute Gasteiger partial charge is 0.240 e. The van der Waals surface area contributed by atoms with Gasteiger partial charge in [-0.3, -0.25) is 4.79 Å². The lowest BCUT2D eigenvalue weighted by atomic mass is 10.1. The van der Waals surface area contributed by atoms with Crippen molar-refractivity contribution in [3.05, 3.63) is 58.6 Å². The number of rotatable bonds is 5. The van der Waals surface area contributed by atoms with E-state index in [1.807, 2.05) is 13.8 Å². The summed E-state index contributed by atoms with van der Waals surface area (Å²) in [6, 6.07) is 12.1. The van der Waals surface area contributed by atoms with Crippen molar-refractivity contribution in [2.24, 2.45) is 5.92 Å². The standard InChI is InChI=1S/C19H21ClN2O3S/c1-13-3-8-18(9-14(13)2)26(24,25)21-11-15-10-19(23)22(12-15)17-6-4-16(20)5-7-17/h3-9,15,21H,10-12H2,1-2H3. The van der Waals surface area contributed by atoms with E-state index in [1.165, 1.54) is 0 Å². The number of hydrogen-bond acceptors (Lipinski definition) is 3. The summed E-state index contributed by atoms with van der Waals surface area (Å²) in [4.78, 5) is 14.2. The fourth-order valence-corrected chi connectivity index (χ4v) is 4.31. The number of sulfonamides is 1. The lowest BCUT2D eigenvalue weighted by Gasteiger charge is -2.17. The number of nitrogens with one attached hydrogen (secondary N) is 1. The summed E-state index contributed by atoms with van der Waals surface area (Å²) < 4.78 is 27.6. The Morgan fingerprint density at radius 3 is 2.46 bits per heavy atom. The SMILES string of the molecule is Cc1ccc(S(=O)(=O)NCC2CC(=O)N(c3ccc(Cl)cc3)C2)cc1C. The second-order valence-electron chi connectivity index (χ2n) is 6.65. The van der Waals surface area contributed by atoms with Gasteiger partial charge in [0.1, 0.15) is 0 Å². The summed E-state index contributed by atoms with van der Waals surface area (Å²) in [6.45, 7) is 4.53. The van der Waals surface area contributed by atoms with E-state index in [1.54, 1.807) is 47.4 Å². The van der Waals surface area contributed by atoms with Crippen LogP contribution in [0.15, 0.2) is 47.4 Å². The van der Waals surface area contributed by atoms with Gasteiger partial charge in [0, 0.05) is 30.2 Å². The van der Waals surface area contributed by atoms with Crippen LogP contribution in [0, 0.1) is 19.8 Å². The molecule has 26 heavy (non-hydrogen) atoms. The van der Waals surface area contributed by atoms with Crippen molar-refractivity contribution < 1.29 is 13.2 Å². The van der Waals surface area contributed by atoms with E-state index in [9.17, 15) is 13.2 Å². The minimum Gasteiger partial charge on any atom is -0.312 e. The van der Waals surface area contributed by atoms with Crippen LogP contribution in [0.4, 0.5) is 5.69 Å². The van der Waals surface area contributed by atoms with Crippen LogP contribution in [0.2, 0.25) is 5.02 Å². The first-order valence-electron chi connectivity index (χ1n) is 8.39. The van der Waals surface area contributed by atoms with Crippen LogP contribution in [0.1, 0.15) is 17.5 Å². The summed E-state index contributed by atoms with van der Waals surface area (Å²) in [5, 5.41) is 0.609. The molecule has 5 nitrogen and oxygen atoms in total. The highest BCUT2D eigenvalue weighted by molar-refractivity contribution is 7.89. The van der Waals surface area contributed by atoms with Crippen molar-refractivity contribution in [2.45, 2.75) is 25.2 Å². The highest BCUT2D eigenvalue weighted by Crippen LogP contribution is 2.26. The molecule has 3 rings (SSSR count). The Hall–Kier alpha value is -1.89. The average Bonchev–Trinajstić information content (AvgIpc) is 2.97. The molecule has 0 aromatic heterocycles. The van der Waals surface area contributed by atoms with Crippen LogP contribution in [0.5, 0.6) is 0 Å². The summed E-state index contributed by atoms with van der Waals surface area (Å²) in [6.07, 6.45) is 0.318. The van der Waals surface area contributed by atoms with Gasteiger partial charge < -0.3 is 4.90 Å². The summed E-state index contributed by atoms with van der Waals surface area (Å²) in [7, 11) is -3.59. The maximum Gasteiger partial charge on any atom is 0.240 e. The number of carbonyl (C=O) groups is 1. The van der Waals surface area contributed by atoms with Gasteiger partial charge in [0.25, 0.3) is 0 Å². The largest absolute Gasteiger partial charge is 0.312 e. The van der Waals surface area contributed by atoms with E-state index in [2.05, 4.69) is 4.72 Å². The molecule has 1 heterocycles. The van der Waals surface area contributed by atoms with Crippen LogP contribution in [-0.2, 0) is 14.8 Å². The minimum absolute atomic E-state index is 0.0114. The number of hydrogen-bond donors (Lipinski definition) is 1. The normalized spacial score (nSPS) is 17.7. The number of aryl methyl sites for hydroxylation is 2. The van der Waals surface area contributed by atoms with E-state index in [4.69, 9.17) is 11.6 Å². The molecular weight excluding hydrogens is 372 g/mol. The second kappa shape index (κ2) is 7.39. The van der Waals surface area contributed by atoms with E-state index < -0.39 is 10.0 Å². The zero-order valence-corrected chi connectivity index (χ0v) is 16.3. The first kappa shape index (κ1) is 18.9. The molecule has 1 atom stereocenters. The first-order chi connectivity index (χ1) is 12.3. The Bertz CT molecular complexity index is 926. The molecule has 138 valence electrons. The van der Waals surface area contributed by atoms with Crippen molar-refractivity contribution >= 4 is 33.2 Å². The summed E-state index contributed by atoms with van der Waals surface area (Å²) in [5.41, 5.74) is 2.75. The Morgan fingerprint density at radius 1 is 1.12 bits per heavy atom. The molecule has 0 spiro atoms. The number of anilines is 1. The highest BCUT2D eigenvalue weighted by Gasteiger charge is 2.31. The van der Waals surface area contributed by atoms with Gasteiger partial charge in [0.15, 0.2) is 0 Å². The lowest BCUT2D eigenvalue weighted by Crippen LogP contribution is -2.31. The second-order valence-corrected chi connectivity index (χ2v) is 8.85. The molecule has 2 aromatic carbocycles. The van der Waals surface area contributed by atoms with Gasteiger partial charge in [-0.1, -0.05) is 17.7 Å². The molecule has 1 amide bonds. The zero-order valence-electron chi connectivity index (χ0n) is 14.7. The van der Waals surface area contributed by atoms with Gasteiger partial charge >= 0.3 is 0 Å². The average molecular weight is 393 g/mol. The predicted octanol–water partition coefficient (Wildman–Crippen LogP) is 3.29. The molecule has 0 aliphatic carbocycles. The maximum atomic E-state index is 12.5. The third-order valence-electron chi connectivity index (χ3n) is 4.69. The van der Waals surface area contributed by atoms with Crippen molar-refractivity contribution in [3.63, 3.8) is 0 Å². The van der Waals surface area contributed by atoms with Gasteiger partial charge in [-0.15, -0.1) is 0 Å². The highest BCUT2D eigenvalue weighted by atomic mass is 35.5. The van der Waals surface area contributed by atoms with E-state index in [-0.39, 0.29) is 23.3 Å². The first-order valence-corrected chi connectivity index (χ1v) is 10.3. The van der Waals surface area contributed by atoms with Gasteiger partial charge in [0.2, 0.25) is 15.9 Å². The van der Waals surface area contributed by atoms with Crippen molar-refractivity contribution in [2.75, 3.05) is 18.0 Å². The molecule has 1 aliphatic rings. The number of nitrogens with zero attached hydrogens (tertiary/aromatic N) is 1. The molecule has 0 radical (unpaired) electrons. The molecule has 1 fully saturated rings. The number of halogens is 1. The van der Waals surface area contributed by atoms with E-state index in [0.29, 0.717) is 18.0 Å². The van der Waals surface area contributed by atoms with Crippen molar-refractivity contribution in [1.82, 2.24) is 4.72 Å². The van der Waals surface area contributed by atoms with Gasteiger partial charge in [0.05, 0.1) is 4.90 Å². The van der Waals surface area contributed by atoms with Gasteiger partial charge in [-0.25, -0.2) is 13.1 Å². The molecule has 1 unspecified atom stereocenters. The molecule has 0 saturated carbocycles. The van der Waals surface area contributed by atoms with Crippen LogP contribution in [0.3, 0.4) is 0 Å². The molecular formula is C19H21ClN2O3S. The van der Waals surface area contributed by atoms with E-state index in [0.717, 1.165) is 16.8 Å². The Kier molecular flexibility index (Phi) is 5.37. The van der Waals surface area contributed by atoms with Crippen LogP contribution < -0.4 is 9.62 Å². The summed E-state index contributed by atoms with van der Waals surface area (Å²) in [5.74, 6) is -0.0813. The monoisotopic (exact) mass is 392 g/mol. The molecule has 1 saturated heterocycles. The predicted molar refractivity (Wildman–Crippen MR) is 103 cm³/mol. The van der Waals surface area contributed by atoms with Crippen molar-refractivity contribution in [3.8, 4) is 0 Å². The molecule has 1 aliphatic heterocycles. The molecule has 2 aromatic rings.